The van der Waals surface area contributed by atoms with E-state index >= 15 is 0 Å². The maximum absolute atomic E-state index is 12.0. The molecule has 0 heterocycles. The zero-order valence-electron chi connectivity index (χ0n) is 9.86. The third-order valence-corrected chi connectivity index (χ3v) is 3.23. The van der Waals surface area contributed by atoms with Gasteiger partial charge in [0, 0.05) is 27.2 Å². The summed E-state index contributed by atoms with van der Waals surface area (Å²) in [5, 5.41) is 12.8. The average molecular weight is 341 g/mol. The maximum atomic E-state index is 12.0. The van der Waals surface area contributed by atoms with E-state index in [9.17, 15) is 9.90 Å². The van der Waals surface area contributed by atoms with E-state index in [0.717, 1.165) is 4.47 Å². The summed E-state index contributed by atoms with van der Waals surface area (Å²) in [5.41, 5.74) is 1.13. The second-order valence-electron chi connectivity index (χ2n) is 3.97. The number of aromatic hydroxyl groups is 1. The van der Waals surface area contributed by atoms with Crippen molar-refractivity contribution in [2.75, 3.05) is 0 Å². The van der Waals surface area contributed by atoms with Gasteiger partial charge < -0.3 is 10.4 Å². The third-order valence-electron chi connectivity index (χ3n) is 2.56. The minimum atomic E-state index is -0.244. The topological polar surface area (TPSA) is 49.3 Å². The third kappa shape index (κ3) is 3.72. The molecule has 0 spiro atoms. The zero-order chi connectivity index (χ0) is 13.8. The Bertz CT molecular complexity index is 596. The molecule has 0 fully saturated rings. The molecule has 3 nitrogen and oxygen atoms in total. The molecule has 1 amide bonds. The first-order valence-corrected chi connectivity index (χ1v) is 6.74. The second-order valence-corrected chi connectivity index (χ2v) is 5.32. The Labute approximate surface area is 124 Å². The molecule has 2 aromatic carbocycles. The maximum Gasteiger partial charge on any atom is 0.251 e. The Morgan fingerprint density at radius 3 is 2.68 bits per heavy atom. The van der Waals surface area contributed by atoms with E-state index in [1.165, 1.54) is 0 Å². The first-order valence-electron chi connectivity index (χ1n) is 5.57. The lowest BCUT2D eigenvalue weighted by atomic mass is 10.2. The van der Waals surface area contributed by atoms with Crippen LogP contribution in [0.3, 0.4) is 0 Å². The lowest BCUT2D eigenvalue weighted by molar-refractivity contribution is 0.0950. The van der Waals surface area contributed by atoms with E-state index in [1.807, 2.05) is 0 Å². The van der Waals surface area contributed by atoms with Gasteiger partial charge in [-0.3, -0.25) is 4.79 Å². The Kier molecular flexibility index (Phi) is 4.45. The number of nitrogens with one attached hydrogen (secondary N) is 1. The van der Waals surface area contributed by atoms with Crippen molar-refractivity contribution in [1.82, 2.24) is 5.32 Å². The van der Waals surface area contributed by atoms with Gasteiger partial charge in [0.05, 0.1) is 0 Å². The number of carbonyl (C=O) groups excluding carboxylic acids is 1. The normalized spacial score (nSPS) is 10.2. The van der Waals surface area contributed by atoms with Crippen LogP contribution in [0.15, 0.2) is 46.9 Å². The fraction of sp³-hybridized carbons (Fsp3) is 0.0714. The van der Waals surface area contributed by atoms with Gasteiger partial charge in [-0.05, 0) is 24.3 Å². The van der Waals surface area contributed by atoms with Crippen molar-refractivity contribution in [3.8, 4) is 5.75 Å². The number of hydrogen-bond donors (Lipinski definition) is 2. The summed E-state index contributed by atoms with van der Waals surface area (Å²) in [6.07, 6.45) is 0. The molecule has 2 rings (SSSR count). The molecule has 0 aliphatic heterocycles. The first-order chi connectivity index (χ1) is 9.06. The monoisotopic (exact) mass is 339 g/mol. The van der Waals surface area contributed by atoms with Crippen molar-refractivity contribution in [2.45, 2.75) is 6.54 Å². The Morgan fingerprint density at radius 1 is 1.26 bits per heavy atom. The summed E-state index contributed by atoms with van der Waals surface area (Å²) in [5.74, 6) is -0.0819. The number of amides is 1. The van der Waals surface area contributed by atoms with Crippen LogP contribution in [0.2, 0.25) is 5.02 Å². The van der Waals surface area contributed by atoms with E-state index in [0.29, 0.717) is 16.1 Å². The Balaban J connectivity index is 2.08. The van der Waals surface area contributed by atoms with Crippen LogP contribution in [-0.2, 0) is 6.54 Å². The van der Waals surface area contributed by atoms with Crippen LogP contribution in [0.1, 0.15) is 15.9 Å². The molecule has 0 bridgehead atoms. The minimum Gasteiger partial charge on any atom is -0.508 e. The molecule has 5 heteroatoms. The Hall–Kier alpha value is -1.52. The molecular weight excluding hydrogens is 330 g/mol. The molecule has 0 unspecified atom stereocenters. The summed E-state index contributed by atoms with van der Waals surface area (Å²) in [7, 11) is 0. The minimum absolute atomic E-state index is 0.162. The van der Waals surface area contributed by atoms with Crippen molar-refractivity contribution in [2.24, 2.45) is 0 Å². The van der Waals surface area contributed by atoms with Gasteiger partial charge in [-0.1, -0.05) is 45.7 Å². The van der Waals surface area contributed by atoms with E-state index in [1.54, 1.807) is 42.5 Å². The number of phenols is 1. The summed E-state index contributed by atoms with van der Waals surface area (Å²) >= 11 is 9.17. The van der Waals surface area contributed by atoms with Crippen LogP contribution >= 0.6 is 27.5 Å². The molecule has 0 radical (unpaired) electrons. The van der Waals surface area contributed by atoms with Crippen molar-refractivity contribution in [3.05, 3.63) is 63.1 Å². The highest BCUT2D eigenvalue weighted by molar-refractivity contribution is 9.10. The quantitative estimate of drug-likeness (QED) is 0.894. The summed E-state index contributed by atoms with van der Waals surface area (Å²) < 4.78 is 0.743. The molecule has 2 aromatic rings. The molecule has 19 heavy (non-hydrogen) atoms. The second kappa shape index (κ2) is 6.08. The van der Waals surface area contributed by atoms with E-state index in [2.05, 4.69) is 21.2 Å². The van der Waals surface area contributed by atoms with Gasteiger partial charge in [-0.2, -0.15) is 0 Å². The molecule has 0 aliphatic carbocycles. The molecule has 2 N–H and O–H groups in total. The number of benzene rings is 2. The highest BCUT2D eigenvalue weighted by Gasteiger charge is 2.08. The SMILES string of the molecule is O=C(NCc1ccccc1O)c1cc(Cl)cc(Br)c1. The van der Waals surface area contributed by atoms with Gasteiger partial charge in [0.15, 0.2) is 0 Å². The summed E-state index contributed by atoms with van der Waals surface area (Å²) in [6, 6.07) is 11.9. The molecule has 0 aliphatic rings. The summed E-state index contributed by atoms with van der Waals surface area (Å²) in [6.45, 7) is 0.260. The van der Waals surface area contributed by atoms with E-state index in [4.69, 9.17) is 11.6 Å². The molecule has 0 saturated carbocycles. The van der Waals surface area contributed by atoms with Gasteiger partial charge in [0.2, 0.25) is 0 Å². The van der Waals surface area contributed by atoms with E-state index < -0.39 is 0 Å². The predicted octanol–water partition coefficient (Wildman–Crippen LogP) is 3.74. The van der Waals surface area contributed by atoms with Gasteiger partial charge in [0.1, 0.15) is 5.75 Å². The van der Waals surface area contributed by atoms with Gasteiger partial charge >= 0.3 is 0 Å². The number of para-hydroxylation sites is 1. The number of rotatable bonds is 3. The molecular formula is C14H11BrClNO2. The number of hydrogen-bond acceptors (Lipinski definition) is 2. The van der Waals surface area contributed by atoms with Crippen molar-refractivity contribution >= 4 is 33.4 Å². The fourth-order valence-corrected chi connectivity index (χ4v) is 2.48. The van der Waals surface area contributed by atoms with Crippen LogP contribution in [0.25, 0.3) is 0 Å². The number of phenolic OH excluding ortho intramolecular Hbond substituents is 1. The lowest BCUT2D eigenvalue weighted by Crippen LogP contribution is -2.22. The van der Waals surface area contributed by atoms with Crippen LogP contribution in [0.5, 0.6) is 5.75 Å². The molecule has 0 saturated heterocycles. The molecule has 98 valence electrons. The highest BCUT2D eigenvalue weighted by Crippen LogP contribution is 2.20. The largest absolute Gasteiger partial charge is 0.508 e. The lowest BCUT2D eigenvalue weighted by Gasteiger charge is -2.07. The van der Waals surface area contributed by atoms with Crippen LogP contribution < -0.4 is 5.32 Å². The standard InChI is InChI=1S/C14H11BrClNO2/c15-11-5-10(6-12(16)7-11)14(19)17-8-9-3-1-2-4-13(9)18/h1-7,18H,8H2,(H,17,19). The van der Waals surface area contributed by atoms with Crippen molar-refractivity contribution in [1.29, 1.82) is 0 Å². The van der Waals surface area contributed by atoms with Gasteiger partial charge in [-0.15, -0.1) is 0 Å². The average Bonchev–Trinajstić information content (AvgIpc) is 2.36. The first kappa shape index (κ1) is 13.9. The van der Waals surface area contributed by atoms with Gasteiger partial charge in [0.25, 0.3) is 5.91 Å². The fourth-order valence-electron chi connectivity index (χ4n) is 1.62. The summed E-state index contributed by atoms with van der Waals surface area (Å²) in [4.78, 5) is 12.0. The number of carbonyl (C=O) groups is 1. The van der Waals surface area contributed by atoms with Crippen molar-refractivity contribution < 1.29 is 9.90 Å². The highest BCUT2D eigenvalue weighted by atomic mass is 79.9. The van der Waals surface area contributed by atoms with Crippen LogP contribution in [0.4, 0.5) is 0 Å². The van der Waals surface area contributed by atoms with Crippen LogP contribution in [0, 0.1) is 0 Å². The van der Waals surface area contributed by atoms with E-state index in [-0.39, 0.29) is 18.2 Å². The number of halogens is 2. The zero-order valence-corrected chi connectivity index (χ0v) is 12.2. The van der Waals surface area contributed by atoms with Gasteiger partial charge in [-0.25, -0.2) is 0 Å². The van der Waals surface area contributed by atoms with Crippen molar-refractivity contribution in [3.63, 3.8) is 0 Å². The predicted molar refractivity (Wildman–Crippen MR) is 78.4 cm³/mol. The molecule has 0 atom stereocenters. The van der Waals surface area contributed by atoms with Crippen LogP contribution in [-0.4, -0.2) is 11.0 Å². The Morgan fingerprint density at radius 2 is 2.00 bits per heavy atom. The molecule has 0 aromatic heterocycles. The smallest absolute Gasteiger partial charge is 0.251 e.